The molecule has 18 aromatic carbocycles. The molecular weight excluding hydrogens is 1780 g/mol. The van der Waals surface area contributed by atoms with Crippen LogP contribution in [0.5, 0.6) is 0 Å². The number of para-hydroxylation sites is 3. The van der Waals surface area contributed by atoms with E-state index in [0.29, 0.717) is 17.5 Å². The van der Waals surface area contributed by atoms with Crippen molar-refractivity contribution in [2.24, 2.45) is 0 Å². The number of aromatic nitrogens is 15. The van der Waals surface area contributed by atoms with Gasteiger partial charge in [0.2, 0.25) is 0 Å². The summed E-state index contributed by atoms with van der Waals surface area (Å²) in [6.07, 6.45) is 0. The van der Waals surface area contributed by atoms with Crippen molar-refractivity contribution in [2.45, 2.75) is 0 Å². The molecule has 0 radical (unpaired) electrons. The average Bonchev–Trinajstić information content (AvgIpc) is 1.72. The highest BCUT2D eigenvalue weighted by Gasteiger charge is 2.23. The van der Waals surface area contributed by atoms with Crippen molar-refractivity contribution < 1.29 is 0 Å². The van der Waals surface area contributed by atoms with E-state index in [2.05, 4.69) is 348 Å². The first kappa shape index (κ1) is 84.4. The summed E-state index contributed by atoms with van der Waals surface area (Å²) in [5.74, 6) is 2.07. The Kier molecular flexibility index (Phi) is 22.2. The van der Waals surface area contributed by atoms with Crippen molar-refractivity contribution in [1.29, 1.82) is 0 Å². The lowest BCUT2D eigenvalue weighted by Gasteiger charge is -2.12. The zero-order valence-corrected chi connectivity index (χ0v) is 77.7. The highest BCUT2D eigenvalue weighted by atomic mass is 32.1. The fourth-order valence-electron chi connectivity index (χ4n) is 18.7. The SMILES string of the molecule is c1ccc(-c2cc(-c3ccc(-c4nc5ccccc5c5c4ccc4nsnc45)cc3)nc(-c3ccccc3)n2)cc1.c1ccc(-c2ccc(-c3cc(-c4ccc(-c5nc6ccccc6c6c5ccc5nsnc56)cc4)nc(-c4ccc(-c5ccccc5)cc4)n3)cc2)cc1.c1ccc(-c2ccc(-c3nc(-c4ccccc4)cc(-c4ccc(-c5nc6ccccc6c6c5ccc5nsnc56)cc4)n3)cc2)cc1. The second-order valence-electron chi connectivity index (χ2n) is 34.3. The maximum atomic E-state index is 5.16. The van der Waals surface area contributed by atoms with Crippen molar-refractivity contribution in [3.8, 4) is 169 Å². The van der Waals surface area contributed by atoms with E-state index in [1.54, 1.807) is 0 Å². The first-order valence-corrected chi connectivity index (χ1v) is 48.5. The molecule has 0 N–H and O–H groups in total. The molecule has 0 atom stereocenters. The molecule has 0 aliphatic heterocycles. The van der Waals surface area contributed by atoms with Crippen molar-refractivity contribution in [3.63, 3.8) is 0 Å². The van der Waals surface area contributed by atoms with Crippen LogP contribution in [0.4, 0.5) is 0 Å². The molecule has 660 valence electrons. The van der Waals surface area contributed by atoms with Gasteiger partial charge in [0.25, 0.3) is 0 Å². The second kappa shape index (κ2) is 37.1. The Morgan fingerprint density at radius 3 is 0.582 bits per heavy atom. The molecule has 27 rings (SSSR count). The highest BCUT2D eigenvalue weighted by molar-refractivity contribution is 7.00. The van der Waals surface area contributed by atoms with Crippen LogP contribution in [0.15, 0.2) is 455 Å². The third kappa shape index (κ3) is 16.6. The number of fused-ring (bicyclic) bond motifs is 15. The van der Waals surface area contributed by atoms with Crippen LogP contribution in [0.25, 0.3) is 267 Å². The minimum atomic E-state index is 0.677. The third-order valence-electron chi connectivity index (χ3n) is 25.8. The molecule has 15 nitrogen and oxygen atoms in total. The number of benzene rings is 18. The van der Waals surface area contributed by atoms with Gasteiger partial charge in [-0.3, -0.25) is 0 Å². The molecule has 0 bridgehead atoms. The zero-order valence-electron chi connectivity index (χ0n) is 75.2. The van der Waals surface area contributed by atoms with Crippen molar-refractivity contribution in [2.75, 3.05) is 0 Å². The molecule has 0 fully saturated rings. The van der Waals surface area contributed by atoms with Crippen LogP contribution >= 0.6 is 35.2 Å². The van der Waals surface area contributed by atoms with E-state index in [1.807, 2.05) is 133 Å². The van der Waals surface area contributed by atoms with Crippen LogP contribution in [0, 0.1) is 0 Å². The summed E-state index contributed by atoms with van der Waals surface area (Å²) in [6, 6.07) is 156. The molecule has 0 saturated heterocycles. The summed E-state index contributed by atoms with van der Waals surface area (Å²) in [5.41, 5.74) is 35.4. The molecule has 0 spiro atoms. The van der Waals surface area contributed by atoms with E-state index >= 15 is 0 Å². The Bertz CT molecular complexity index is 9200. The molecule has 141 heavy (non-hydrogen) atoms. The largest absolute Gasteiger partial charge is 0.247 e. The smallest absolute Gasteiger partial charge is 0.160 e. The molecule has 0 unspecified atom stereocenters. The lowest BCUT2D eigenvalue weighted by atomic mass is 9.97. The summed E-state index contributed by atoms with van der Waals surface area (Å²) >= 11 is 3.73. The van der Waals surface area contributed by atoms with Gasteiger partial charge in [0, 0.05) is 115 Å². The summed E-state index contributed by atoms with van der Waals surface area (Å²) in [5, 5.41) is 9.70. The Hall–Kier alpha value is -18.3. The quantitative estimate of drug-likeness (QED) is 0.0879. The standard InChI is InChI=1S/C47H29N5S.C41H25N5S.C35H21N5S/c1-3-9-30(10-4-1)32-15-19-34(20-16-32)42-29-43(50-47(49-42)37-25-17-33(18-26-37)31-11-5-2-6-12-31)35-21-23-36(24-22-35)45-39-27-28-41-46(52-53-51-41)44(39)38-13-7-8-14-40(38)48-45;1-3-9-26(10-4-1)27-15-21-31(22-16-27)41-43-36(28-11-5-2-6-12-28)25-37(44-41)29-17-19-30(20-18-29)39-33-23-24-35-40(46-47-45-35)38(33)32-13-7-8-14-34(32)42-39;1-3-9-22(10-4-1)30-21-31(38-35(37-30)25-11-5-2-6-12-25)23-15-17-24(18-16-23)33-27-19-20-29-34(40-41-39-29)32(27)26-13-7-8-14-28(26)36-33/h1-29H;1-25H;1-21H. The zero-order chi connectivity index (χ0) is 93.5. The molecule has 9 heterocycles. The van der Waals surface area contributed by atoms with E-state index in [-0.39, 0.29) is 0 Å². The van der Waals surface area contributed by atoms with Gasteiger partial charge in [-0.05, 0) is 106 Å². The van der Waals surface area contributed by atoms with Gasteiger partial charge in [-0.15, -0.1) is 0 Å². The van der Waals surface area contributed by atoms with E-state index in [9.17, 15) is 0 Å². The fourth-order valence-corrected chi connectivity index (χ4v) is 20.3. The predicted molar refractivity (Wildman–Crippen MR) is 579 cm³/mol. The highest BCUT2D eigenvalue weighted by Crippen LogP contribution is 2.44. The summed E-state index contributed by atoms with van der Waals surface area (Å²) < 4.78 is 27.5. The van der Waals surface area contributed by atoms with Gasteiger partial charge in [-0.1, -0.05) is 382 Å². The van der Waals surface area contributed by atoms with Crippen LogP contribution in [-0.4, -0.2) is 71.1 Å². The minimum absolute atomic E-state index is 0.677. The monoisotopic (exact) mass is 1860 g/mol. The molecule has 0 amide bonds. The van der Waals surface area contributed by atoms with Crippen LogP contribution in [0.1, 0.15) is 0 Å². The molecular formula is C123H75N15S3. The number of rotatable bonds is 15. The van der Waals surface area contributed by atoms with Gasteiger partial charge < -0.3 is 0 Å². The molecule has 0 aliphatic rings. The summed E-state index contributed by atoms with van der Waals surface area (Å²) in [7, 11) is 0. The first-order valence-electron chi connectivity index (χ1n) is 46.3. The summed E-state index contributed by atoms with van der Waals surface area (Å²) in [4.78, 5) is 45.7. The van der Waals surface area contributed by atoms with Gasteiger partial charge in [0.15, 0.2) is 17.5 Å². The Morgan fingerprint density at radius 1 is 0.128 bits per heavy atom. The van der Waals surface area contributed by atoms with E-state index in [4.69, 9.17) is 44.9 Å². The van der Waals surface area contributed by atoms with Crippen LogP contribution in [0.3, 0.4) is 0 Å². The fraction of sp³-hybridized carbons (Fsp3) is 0. The lowest BCUT2D eigenvalue weighted by molar-refractivity contribution is 1.18. The van der Waals surface area contributed by atoms with Gasteiger partial charge in [0.1, 0.15) is 33.1 Å². The van der Waals surface area contributed by atoms with Crippen LogP contribution < -0.4 is 0 Å². The maximum Gasteiger partial charge on any atom is 0.160 e. The predicted octanol–water partition coefficient (Wildman–Crippen LogP) is 31.6. The lowest BCUT2D eigenvalue weighted by Crippen LogP contribution is -1.96. The second-order valence-corrected chi connectivity index (χ2v) is 35.9. The Morgan fingerprint density at radius 2 is 0.319 bits per heavy atom. The Labute approximate surface area is 822 Å². The minimum Gasteiger partial charge on any atom is -0.247 e. The Balaban J connectivity index is 0.000000112. The van der Waals surface area contributed by atoms with Crippen molar-refractivity contribution >= 4 is 133 Å². The average molecular weight is 1860 g/mol. The van der Waals surface area contributed by atoms with E-state index < -0.39 is 0 Å². The molecule has 9 aromatic heterocycles. The van der Waals surface area contributed by atoms with Gasteiger partial charge >= 0.3 is 0 Å². The normalized spacial score (nSPS) is 11.4. The molecule has 18 heteroatoms. The number of hydrogen-bond donors (Lipinski definition) is 0. The third-order valence-corrected chi connectivity index (χ3v) is 27.4. The number of hydrogen-bond acceptors (Lipinski definition) is 18. The van der Waals surface area contributed by atoms with E-state index in [0.717, 1.165) is 233 Å². The topological polar surface area (TPSA) is 193 Å². The summed E-state index contributed by atoms with van der Waals surface area (Å²) in [6.45, 7) is 0. The number of pyridine rings is 3. The van der Waals surface area contributed by atoms with Gasteiger partial charge in [-0.25, -0.2) is 44.9 Å². The maximum absolute atomic E-state index is 5.16. The molecule has 27 aromatic rings. The van der Waals surface area contributed by atoms with Crippen molar-refractivity contribution in [3.05, 3.63) is 455 Å². The van der Waals surface area contributed by atoms with Crippen LogP contribution in [0.2, 0.25) is 0 Å². The van der Waals surface area contributed by atoms with Gasteiger partial charge in [0.05, 0.1) is 103 Å². The first-order chi connectivity index (χ1) is 69.8. The van der Waals surface area contributed by atoms with Gasteiger partial charge in [-0.2, -0.15) is 26.2 Å². The molecule has 0 aliphatic carbocycles. The van der Waals surface area contributed by atoms with E-state index in [1.165, 1.54) is 51.9 Å². The van der Waals surface area contributed by atoms with Crippen LogP contribution in [-0.2, 0) is 0 Å². The molecule has 0 saturated carbocycles. The number of nitrogens with zero attached hydrogens (tertiary/aromatic N) is 15. The van der Waals surface area contributed by atoms with Crippen molar-refractivity contribution in [1.82, 2.24) is 71.1 Å².